The van der Waals surface area contributed by atoms with E-state index in [-0.39, 0.29) is 17.1 Å². The van der Waals surface area contributed by atoms with Crippen LogP contribution in [0.1, 0.15) is 88.9 Å². The Morgan fingerprint density at radius 3 is 2.51 bits per heavy atom. The number of anilines is 2. The van der Waals surface area contributed by atoms with Crippen LogP contribution in [0.25, 0.3) is 11.0 Å². The van der Waals surface area contributed by atoms with E-state index >= 15 is 0 Å². The van der Waals surface area contributed by atoms with Gasteiger partial charge in [0.25, 0.3) is 11.6 Å². The predicted octanol–water partition coefficient (Wildman–Crippen LogP) is 9.87. The van der Waals surface area contributed by atoms with Gasteiger partial charge in [0.1, 0.15) is 22.8 Å². The summed E-state index contributed by atoms with van der Waals surface area (Å²) < 4.78 is 9.31. The molecule has 1 amide bonds. The summed E-state index contributed by atoms with van der Waals surface area (Å²) in [6.07, 6.45) is 7.93. The number of aromatic amines is 1. The number of carboxylic acid groups (broad SMARTS) is 1. The summed E-state index contributed by atoms with van der Waals surface area (Å²) in [4.78, 5) is 52.3. The van der Waals surface area contributed by atoms with Crippen molar-refractivity contribution >= 4 is 51.9 Å². The van der Waals surface area contributed by atoms with Crippen LogP contribution in [0.4, 0.5) is 17.1 Å². The molecular weight excluding hydrogens is 841 g/mol. The van der Waals surface area contributed by atoms with Gasteiger partial charge in [0.15, 0.2) is 0 Å². The van der Waals surface area contributed by atoms with E-state index in [0.717, 1.165) is 86.3 Å². The van der Waals surface area contributed by atoms with Crippen molar-refractivity contribution in [2.24, 2.45) is 5.41 Å². The molecule has 2 aromatic heterocycles. The molecule has 4 aromatic carbocycles. The molecule has 15 heteroatoms. The lowest BCUT2D eigenvalue weighted by Gasteiger charge is -2.58. The number of rotatable bonds is 14. The summed E-state index contributed by atoms with van der Waals surface area (Å²) in [6.45, 7) is 9.97. The number of hydrogen-bond donors (Lipinski definition) is 4. The van der Waals surface area contributed by atoms with Crippen LogP contribution in [-0.2, 0) is 6.54 Å². The molecule has 65 heavy (non-hydrogen) atoms. The first kappa shape index (κ1) is 43.8. The Kier molecular flexibility index (Phi) is 12.5. The zero-order valence-corrected chi connectivity index (χ0v) is 37.6. The van der Waals surface area contributed by atoms with Gasteiger partial charge in [0, 0.05) is 92.7 Å². The maximum atomic E-state index is 13.8. The van der Waals surface area contributed by atoms with Crippen molar-refractivity contribution in [1.82, 2.24) is 24.5 Å². The third-order valence-corrected chi connectivity index (χ3v) is 14.4. The number of pyridine rings is 1. The lowest BCUT2D eigenvalue weighted by molar-refractivity contribution is -0.384. The quantitative estimate of drug-likeness (QED) is 0.0465. The molecule has 2 aliphatic heterocycles. The number of ether oxygens (including phenoxy) is 1. The Balaban J connectivity index is 0.887. The molecular formula is C50H54N8O6S. The Bertz CT molecular complexity index is 2710. The lowest BCUT2D eigenvalue weighted by atomic mass is 9.59. The third-order valence-electron chi connectivity index (χ3n) is 13.6. The van der Waals surface area contributed by atoms with Gasteiger partial charge in [-0.3, -0.25) is 29.4 Å². The second-order valence-corrected chi connectivity index (χ2v) is 18.8. The zero-order valence-electron chi connectivity index (χ0n) is 36.8. The number of piperidine rings is 1. The first-order valence-corrected chi connectivity index (χ1v) is 23.1. The van der Waals surface area contributed by atoms with Gasteiger partial charge >= 0.3 is 5.97 Å². The molecule has 9 rings (SSSR count). The van der Waals surface area contributed by atoms with Crippen LogP contribution in [0, 0.1) is 15.5 Å². The van der Waals surface area contributed by atoms with E-state index in [4.69, 9.17) is 4.74 Å². The summed E-state index contributed by atoms with van der Waals surface area (Å²) in [5.74, 6) is -0.00412. The number of hydrogen-bond acceptors (Lipinski definition) is 11. The average molecular weight is 895 g/mol. The average Bonchev–Trinajstić information content (AvgIpc) is 3.78. The molecule has 14 nitrogen and oxygen atoms in total. The van der Waals surface area contributed by atoms with E-state index in [1.807, 2.05) is 42.6 Å². The largest absolute Gasteiger partial charge is 0.478 e. The first-order chi connectivity index (χ1) is 31.5. The van der Waals surface area contributed by atoms with Crippen LogP contribution in [0.3, 0.4) is 0 Å². The predicted molar refractivity (Wildman–Crippen MR) is 254 cm³/mol. The molecule has 1 unspecified atom stereocenters. The fourth-order valence-electron chi connectivity index (χ4n) is 10.1. The van der Waals surface area contributed by atoms with Gasteiger partial charge in [-0.05, 0) is 114 Å². The van der Waals surface area contributed by atoms with Crippen LogP contribution in [0.2, 0.25) is 0 Å². The number of nitro benzene ring substituents is 1. The van der Waals surface area contributed by atoms with Crippen molar-refractivity contribution in [1.29, 1.82) is 0 Å². The molecule has 1 aliphatic carbocycles. The van der Waals surface area contributed by atoms with E-state index in [1.54, 1.807) is 43.6 Å². The fraction of sp³-hybridized carbons (Fsp3) is 0.340. The van der Waals surface area contributed by atoms with Gasteiger partial charge in [-0.2, -0.15) is 0 Å². The summed E-state index contributed by atoms with van der Waals surface area (Å²) >= 11 is 1.01. The number of nitrogens with one attached hydrogen (secondary N) is 3. The Morgan fingerprint density at radius 2 is 1.77 bits per heavy atom. The molecule has 0 bridgehead atoms. The number of H-pyrrole nitrogens is 1. The molecule has 1 atom stereocenters. The second kappa shape index (κ2) is 18.6. The SMILES string of the molecule is CNc1ccc(SNC(=O)c2ccc(N3CCC4(CC3)CC(N3CCN(Cc5ccc(C(=O)O)cc5)CC3c3ccccc3C(C)C)C4)cc2Oc2cnc3[nH]ccc3c2)cc1[N+](=O)[O-]. The van der Waals surface area contributed by atoms with E-state index in [2.05, 4.69) is 72.8 Å². The van der Waals surface area contributed by atoms with E-state index in [9.17, 15) is 24.8 Å². The van der Waals surface area contributed by atoms with Gasteiger partial charge in [-0.1, -0.05) is 50.2 Å². The van der Waals surface area contributed by atoms with Crippen molar-refractivity contribution in [2.75, 3.05) is 50.0 Å². The number of nitro groups is 1. The van der Waals surface area contributed by atoms with Crippen molar-refractivity contribution in [3.63, 3.8) is 0 Å². The highest BCUT2D eigenvalue weighted by Crippen LogP contribution is 2.53. The van der Waals surface area contributed by atoms with Crippen LogP contribution < -0.4 is 19.7 Å². The van der Waals surface area contributed by atoms with E-state index in [0.29, 0.717) is 45.2 Å². The number of carbonyl (C=O) groups excluding carboxylic acids is 1. The topological polar surface area (TPSA) is 169 Å². The molecule has 2 saturated heterocycles. The van der Waals surface area contributed by atoms with Gasteiger partial charge in [0.05, 0.1) is 22.2 Å². The minimum atomic E-state index is -0.905. The van der Waals surface area contributed by atoms with Crippen LogP contribution >= 0.6 is 11.9 Å². The second-order valence-electron chi connectivity index (χ2n) is 17.9. The Hall–Kier alpha value is -6.42. The summed E-state index contributed by atoms with van der Waals surface area (Å²) in [5, 5.41) is 24.8. The van der Waals surface area contributed by atoms with Crippen LogP contribution in [0.15, 0.2) is 114 Å². The number of fused-ring (bicyclic) bond motifs is 1. The van der Waals surface area contributed by atoms with Gasteiger partial charge in [-0.25, -0.2) is 9.78 Å². The minimum Gasteiger partial charge on any atom is -0.478 e. The minimum absolute atomic E-state index is 0.0799. The number of carbonyl (C=O) groups is 2. The van der Waals surface area contributed by atoms with Crippen LogP contribution in [-0.4, -0.2) is 87.5 Å². The molecule has 0 radical (unpaired) electrons. The molecule has 336 valence electrons. The maximum absolute atomic E-state index is 13.8. The zero-order chi connectivity index (χ0) is 45.2. The van der Waals surface area contributed by atoms with Crippen molar-refractivity contribution in [3.8, 4) is 11.5 Å². The van der Waals surface area contributed by atoms with Crippen molar-refractivity contribution in [3.05, 3.63) is 147 Å². The normalized spacial score (nSPS) is 17.8. The maximum Gasteiger partial charge on any atom is 0.335 e. The molecule has 6 aromatic rings. The molecule has 3 fully saturated rings. The molecule has 1 spiro atoms. The monoisotopic (exact) mass is 894 g/mol. The summed E-state index contributed by atoms with van der Waals surface area (Å²) in [7, 11) is 1.63. The number of amides is 1. The Morgan fingerprint density at radius 1 is 0.985 bits per heavy atom. The number of benzene rings is 4. The Labute approximate surface area is 382 Å². The number of aromatic nitrogens is 2. The third kappa shape index (κ3) is 9.40. The van der Waals surface area contributed by atoms with Crippen molar-refractivity contribution < 1.29 is 24.4 Å². The highest BCUT2D eigenvalue weighted by molar-refractivity contribution is 7.98. The van der Waals surface area contributed by atoms with Gasteiger partial charge in [-0.15, -0.1) is 0 Å². The van der Waals surface area contributed by atoms with E-state index in [1.165, 1.54) is 30.0 Å². The number of piperazine rings is 1. The smallest absolute Gasteiger partial charge is 0.335 e. The van der Waals surface area contributed by atoms with Gasteiger partial charge in [0.2, 0.25) is 0 Å². The lowest BCUT2D eigenvalue weighted by Crippen LogP contribution is -2.60. The number of nitrogens with zero attached hydrogens (tertiary/aromatic N) is 5. The van der Waals surface area contributed by atoms with Crippen molar-refractivity contribution in [2.45, 2.75) is 69.0 Å². The standard InChI is InChI=1S/C50H54N8O6S/c1-32(2)40-6-4-5-7-41(40)45-31-55(30-33-8-10-34(11-9-33)49(60)61)22-23-57(45)37-27-50(28-37)17-20-56(21-18-50)36-12-14-42(46(25-36)64-38-24-35-16-19-52-47(35)53-29-38)48(59)54-65-39-13-15-43(51-3)44(26-39)58(62)63/h4-16,19,24-26,29,32,37,45,51H,17-18,20-23,27-28,30-31H2,1-3H3,(H,52,53)(H,54,59)(H,60,61). The summed E-state index contributed by atoms with van der Waals surface area (Å²) in [5.41, 5.74) is 6.87. The molecule has 3 aliphatic rings. The van der Waals surface area contributed by atoms with Gasteiger partial charge < -0.3 is 25.0 Å². The molecule has 4 N–H and O–H groups in total. The highest BCUT2D eigenvalue weighted by atomic mass is 32.2. The molecule has 4 heterocycles. The highest BCUT2D eigenvalue weighted by Gasteiger charge is 2.50. The number of aromatic carboxylic acids is 1. The van der Waals surface area contributed by atoms with E-state index < -0.39 is 16.8 Å². The number of carboxylic acids is 1. The fourth-order valence-corrected chi connectivity index (χ4v) is 10.7. The molecule has 1 saturated carbocycles. The first-order valence-electron chi connectivity index (χ1n) is 22.3. The van der Waals surface area contributed by atoms with Crippen LogP contribution in [0.5, 0.6) is 11.5 Å². The summed E-state index contributed by atoms with van der Waals surface area (Å²) in [6, 6.07) is 31.3.